The number of aromatic nitrogens is 2. The maximum Gasteiger partial charge on any atom is 0.129 e. The molecule has 1 aliphatic rings. The van der Waals surface area contributed by atoms with E-state index in [9.17, 15) is 10.2 Å². The highest BCUT2D eigenvalue weighted by Crippen LogP contribution is 2.43. The Morgan fingerprint density at radius 1 is 0.896 bits per heavy atom. The number of rotatable bonds is 11. The fourth-order valence-electron chi connectivity index (χ4n) is 6.76. The average molecular weight is 687 g/mol. The summed E-state index contributed by atoms with van der Waals surface area (Å²) in [7, 11) is 0. The summed E-state index contributed by atoms with van der Waals surface area (Å²) in [5, 5.41) is 24.4. The fraction of sp³-hybridized carbons (Fsp3) is 0.524. The lowest BCUT2D eigenvalue weighted by Gasteiger charge is -2.30. The molecule has 2 heterocycles. The molecule has 0 amide bonds. The zero-order chi connectivity index (χ0) is 34.9. The van der Waals surface area contributed by atoms with Crippen LogP contribution in [0.4, 0.5) is 0 Å². The lowest BCUT2D eigenvalue weighted by Crippen LogP contribution is -2.23. The molecule has 0 spiro atoms. The third-order valence-electron chi connectivity index (χ3n) is 9.30. The Labute approximate surface area is 299 Å². The number of pyridine rings is 2. The van der Waals surface area contributed by atoms with Crippen molar-refractivity contribution in [2.45, 2.75) is 122 Å². The number of thioether (sulfide) groups is 2. The van der Waals surface area contributed by atoms with Crippen LogP contribution < -0.4 is 0 Å². The SMILES string of the molecule is C/C=C(CSC1CCCCCCC1SCc1cc(C(C)(C)C)cc(-c2ccccn2)c1O)\C(O)=C(\c1ccccn1)C(C)CC(C)(C)C. The van der Waals surface area contributed by atoms with Crippen LogP contribution in [0, 0.1) is 11.3 Å². The van der Waals surface area contributed by atoms with Crippen LogP contribution in [-0.2, 0) is 11.2 Å². The zero-order valence-corrected chi connectivity index (χ0v) is 32.2. The van der Waals surface area contributed by atoms with Gasteiger partial charge in [-0.05, 0) is 84.4 Å². The van der Waals surface area contributed by atoms with Crippen molar-refractivity contribution in [3.8, 4) is 17.0 Å². The minimum Gasteiger partial charge on any atom is -0.507 e. The second kappa shape index (κ2) is 17.3. The molecule has 0 saturated heterocycles. The topological polar surface area (TPSA) is 66.2 Å². The van der Waals surface area contributed by atoms with Gasteiger partial charge in [0.1, 0.15) is 11.5 Å². The van der Waals surface area contributed by atoms with Gasteiger partial charge >= 0.3 is 0 Å². The molecule has 0 aliphatic heterocycles. The predicted octanol–water partition coefficient (Wildman–Crippen LogP) is 12.2. The molecule has 2 aromatic heterocycles. The van der Waals surface area contributed by atoms with Gasteiger partial charge in [0.2, 0.25) is 0 Å². The second-order valence-electron chi connectivity index (χ2n) is 15.6. The number of nitrogens with zero attached hydrogens (tertiary/aromatic N) is 2. The van der Waals surface area contributed by atoms with Gasteiger partial charge in [-0.2, -0.15) is 23.5 Å². The predicted molar refractivity (Wildman–Crippen MR) is 210 cm³/mol. The van der Waals surface area contributed by atoms with E-state index in [0.29, 0.717) is 22.0 Å². The van der Waals surface area contributed by atoms with E-state index in [1.165, 1.54) is 44.1 Å². The van der Waals surface area contributed by atoms with Crippen LogP contribution >= 0.6 is 23.5 Å². The Morgan fingerprint density at radius 3 is 2.10 bits per heavy atom. The normalized spacial score (nSPS) is 19.3. The number of phenolic OH excluding ortho intramolecular Hbond substituents is 1. The first-order chi connectivity index (χ1) is 22.8. The van der Waals surface area contributed by atoms with Gasteiger partial charge in [0.05, 0.1) is 11.4 Å². The van der Waals surface area contributed by atoms with E-state index in [2.05, 4.69) is 76.6 Å². The Bertz CT molecular complexity index is 1520. The summed E-state index contributed by atoms with van der Waals surface area (Å²) >= 11 is 3.99. The van der Waals surface area contributed by atoms with Gasteiger partial charge in [-0.1, -0.05) is 98.4 Å². The summed E-state index contributed by atoms with van der Waals surface area (Å²) in [5.41, 5.74) is 6.69. The largest absolute Gasteiger partial charge is 0.507 e. The third kappa shape index (κ3) is 10.6. The molecule has 4 rings (SSSR count). The van der Waals surface area contributed by atoms with Gasteiger partial charge in [-0.15, -0.1) is 0 Å². The third-order valence-corrected chi connectivity index (χ3v) is 12.4. The molecule has 3 aromatic rings. The van der Waals surface area contributed by atoms with Crippen LogP contribution in [0.1, 0.15) is 117 Å². The summed E-state index contributed by atoms with van der Waals surface area (Å²) in [4.78, 5) is 9.26. The zero-order valence-electron chi connectivity index (χ0n) is 30.6. The first-order valence-corrected chi connectivity index (χ1v) is 19.9. The number of hydrogen-bond donors (Lipinski definition) is 2. The Kier molecular flexibility index (Phi) is 13.7. The highest BCUT2D eigenvalue weighted by molar-refractivity contribution is 8.03. The smallest absolute Gasteiger partial charge is 0.129 e. The molecular formula is C42H58N2O2S2. The van der Waals surface area contributed by atoms with E-state index in [1.54, 1.807) is 6.20 Å². The minimum absolute atomic E-state index is 0.0494. The molecule has 1 saturated carbocycles. The van der Waals surface area contributed by atoms with Crippen LogP contribution in [-0.4, -0.2) is 36.4 Å². The summed E-state index contributed by atoms with van der Waals surface area (Å²) in [6, 6.07) is 16.2. The Balaban J connectivity index is 1.58. The van der Waals surface area contributed by atoms with Crippen LogP contribution in [0.25, 0.3) is 16.8 Å². The van der Waals surface area contributed by atoms with E-state index in [1.807, 2.05) is 73.0 Å². The van der Waals surface area contributed by atoms with Crippen LogP contribution in [0.15, 0.2) is 78.3 Å². The highest BCUT2D eigenvalue weighted by atomic mass is 32.2. The van der Waals surface area contributed by atoms with Crippen molar-refractivity contribution < 1.29 is 10.2 Å². The minimum atomic E-state index is -0.0494. The average Bonchev–Trinajstić information content (AvgIpc) is 3.02. The molecule has 1 fully saturated rings. The first kappa shape index (κ1) is 38.1. The summed E-state index contributed by atoms with van der Waals surface area (Å²) in [6.07, 6.45) is 14.0. The van der Waals surface area contributed by atoms with Gasteiger partial charge in [-0.3, -0.25) is 9.97 Å². The standard InChI is InChI=1S/C42H58N2O2S2/c1-9-30(40(46)38(29(2)26-41(3,4)5)35-19-15-17-23-44-35)27-47-36-20-12-10-11-13-21-37(36)48-28-31-24-32(42(6,7)8)25-33(39(31)45)34-18-14-16-22-43-34/h9,14-19,22-25,29,36-37,45-46H,10-13,20-21,26-28H2,1-8H3/b30-9-,40-38-. The van der Waals surface area contributed by atoms with Crippen molar-refractivity contribution in [3.05, 3.63) is 95.2 Å². The monoisotopic (exact) mass is 686 g/mol. The molecule has 260 valence electrons. The molecule has 4 nitrogen and oxygen atoms in total. The molecule has 0 radical (unpaired) electrons. The number of aliphatic hydroxyl groups is 1. The first-order valence-electron chi connectivity index (χ1n) is 17.8. The Hall–Kier alpha value is -2.70. The van der Waals surface area contributed by atoms with E-state index in [-0.39, 0.29) is 16.7 Å². The Morgan fingerprint density at radius 2 is 1.54 bits per heavy atom. The van der Waals surface area contributed by atoms with Crippen molar-refractivity contribution in [1.29, 1.82) is 0 Å². The molecule has 3 atom stereocenters. The van der Waals surface area contributed by atoms with Gasteiger partial charge in [0, 0.05) is 51.1 Å². The number of aliphatic hydroxyl groups excluding tert-OH is 1. The van der Waals surface area contributed by atoms with Crippen molar-refractivity contribution in [1.82, 2.24) is 9.97 Å². The summed E-state index contributed by atoms with van der Waals surface area (Å²) in [6.45, 7) is 17.7. The van der Waals surface area contributed by atoms with E-state index >= 15 is 0 Å². The molecule has 48 heavy (non-hydrogen) atoms. The van der Waals surface area contributed by atoms with Crippen LogP contribution in [0.3, 0.4) is 0 Å². The quantitative estimate of drug-likeness (QED) is 0.155. The summed E-state index contributed by atoms with van der Waals surface area (Å²) in [5.74, 6) is 2.42. The van der Waals surface area contributed by atoms with E-state index in [0.717, 1.165) is 51.6 Å². The van der Waals surface area contributed by atoms with E-state index in [4.69, 9.17) is 0 Å². The fourth-order valence-corrected chi connectivity index (χ4v) is 9.91. The molecule has 1 aromatic carbocycles. The highest BCUT2D eigenvalue weighted by Gasteiger charge is 2.28. The van der Waals surface area contributed by atoms with Crippen molar-refractivity contribution >= 4 is 29.1 Å². The van der Waals surface area contributed by atoms with Crippen LogP contribution in [0.5, 0.6) is 5.75 Å². The van der Waals surface area contributed by atoms with E-state index < -0.39 is 0 Å². The second-order valence-corrected chi connectivity index (χ2v) is 18.1. The number of aromatic hydroxyl groups is 1. The van der Waals surface area contributed by atoms with Gasteiger partial charge in [-0.25, -0.2) is 0 Å². The lowest BCUT2D eigenvalue weighted by molar-refractivity contribution is 0.335. The maximum atomic E-state index is 11.9. The van der Waals surface area contributed by atoms with Crippen molar-refractivity contribution in [3.63, 3.8) is 0 Å². The van der Waals surface area contributed by atoms with Gasteiger partial charge in [0.15, 0.2) is 0 Å². The van der Waals surface area contributed by atoms with Crippen molar-refractivity contribution in [2.24, 2.45) is 11.3 Å². The van der Waals surface area contributed by atoms with Crippen molar-refractivity contribution in [2.75, 3.05) is 5.75 Å². The molecule has 0 bridgehead atoms. The maximum absolute atomic E-state index is 11.9. The molecule has 1 aliphatic carbocycles. The van der Waals surface area contributed by atoms with Gasteiger partial charge < -0.3 is 10.2 Å². The van der Waals surface area contributed by atoms with Gasteiger partial charge in [0.25, 0.3) is 0 Å². The number of phenols is 1. The number of benzene rings is 1. The van der Waals surface area contributed by atoms with Crippen LogP contribution in [0.2, 0.25) is 0 Å². The summed E-state index contributed by atoms with van der Waals surface area (Å²) < 4.78 is 0. The lowest BCUT2D eigenvalue weighted by atomic mass is 9.80. The molecule has 3 unspecified atom stereocenters. The molecular weight excluding hydrogens is 629 g/mol. The molecule has 2 N–H and O–H groups in total. The number of allylic oxidation sites excluding steroid dienone is 3. The molecule has 6 heteroatoms. The number of hydrogen-bond acceptors (Lipinski definition) is 6.